The molecule has 0 aliphatic carbocycles. The van der Waals surface area contributed by atoms with Crippen LogP contribution in [0.5, 0.6) is 0 Å². The number of H-pyrrole nitrogens is 1. The highest BCUT2D eigenvalue weighted by molar-refractivity contribution is 5.90. The lowest BCUT2D eigenvalue weighted by atomic mass is 10.2. The maximum absolute atomic E-state index is 12.2. The highest BCUT2D eigenvalue weighted by Gasteiger charge is 2.32. The molecule has 0 aromatic carbocycles. The summed E-state index contributed by atoms with van der Waals surface area (Å²) in [4.78, 5) is 17.8. The van der Waals surface area contributed by atoms with Crippen molar-refractivity contribution in [3.63, 3.8) is 0 Å². The molecule has 1 amide bonds. The number of likely N-dealkylation sites (N-methyl/N-ethyl adjacent to an activating group) is 1. The van der Waals surface area contributed by atoms with Crippen LogP contribution in [0.15, 0.2) is 0 Å². The van der Waals surface area contributed by atoms with Crippen molar-refractivity contribution in [2.45, 2.75) is 31.9 Å². The summed E-state index contributed by atoms with van der Waals surface area (Å²) >= 11 is 0. The second-order valence-corrected chi connectivity index (χ2v) is 4.91. The maximum atomic E-state index is 12.2. The van der Waals surface area contributed by atoms with E-state index >= 15 is 0 Å². The van der Waals surface area contributed by atoms with E-state index in [-0.39, 0.29) is 23.7 Å². The molecular weight excluding hydrogens is 234 g/mol. The van der Waals surface area contributed by atoms with E-state index in [1.165, 1.54) is 4.90 Å². The van der Waals surface area contributed by atoms with Crippen LogP contribution in [0.2, 0.25) is 0 Å². The summed E-state index contributed by atoms with van der Waals surface area (Å²) in [6.45, 7) is 5.05. The summed E-state index contributed by atoms with van der Waals surface area (Å²) in [6.07, 6.45) is -0.539. The molecule has 0 saturated carbocycles. The number of hydrogen-bond acceptors (Lipinski definition) is 5. The molecule has 1 saturated heterocycles. The van der Waals surface area contributed by atoms with Gasteiger partial charge in [0.1, 0.15) is 5.82 Å². The quantitative estimate of drug-likeness (QED) is 0.664. The third kappa shape index (κ3) is 2.37. The van der Waals surface area contributed by atoms with Gasteiger partial charge in [-0.3, -0.25) is 9.89 Å². The molecule has 1 fully saturated rings. The van der Waals surface area contributed by atoms with E-state index in [4.69, 9.17) is 0 Å². The predicted molar refractivity (Wildman–Crippen MR) is 65.2 cm³/mol. The van der Waals surface area contributed by atoms with E-state index in [0.29, 0.717) is 18.9 Å². The third-order valence-electron chi connectivity index (χ3n) is 3.21. The Morgan fingerprint density at radius 3 is 2.72 bits per heavy atom. The van der Waals surface area contributed by atoms with Crippen LogP contribution in [0.3, 0.4) is 0 Å². The van der Waals surface area contributed by atoms with Crippen LogP contribution in [-0.4, -0.2) is 63.4 Å². The Morgan fingerprint density at radius 1 is 1.50 bits per heavy atom. The summed E-state index contributed by atoms with van der Waals surface area (Å²) in [5.74, 6) is 0.770. The Hall–Kier alpha value is -1.47. The molecule has 2 atom stereocenters. The van der Waals surface area contributed by atoms with E-state index in [1.54, 1.807) is 7.05 Å². The summed E-state index contributed by atoms with van der Waals surface area (Å²) in [6, 6.07) is -0.224. The lowest BCUT2D eigenvalue weighted by Crippen LogP contribution is -2.44. The molecule has 0 radical (unpaired) electrons. The Labute approximate surface area is 106 Å². The molecule has 2 rings (SSSR count). The van der Waals surface area contributed by atoms with Crippen molar-refractivity contribution in [3.05, 3.63) is 11.6 Å². The predicted octanol–water partition coefficient (Wildman–Crippen LogP) is -0.667. The Bertz CT molecular complexity index is 431. The van der Waals surface area contributed by atoms with Gasteiger partial charge in [-0.1, -0.05) is 13.8 Å². The van der Waals surface area contributed by atoms with Gasteiger partial charge in [-0.2, -0.15) is 0 Å². The Morgan fingerprint density at radius 2 is 2.22 bits per heavy atom. The van der Waals surface area contributed by atoms with Gasteiger partial charge in [0.15, 0.2) is 0 Å². The van der Waals surface area contributed by atoms with Gasteiger partial charge < -0.3 is 15.3 Å². The number of hydrogen-bond donors (Lipinski definition) is 3. The lowest BCUT2D eigenvalue weighted by molar-refractivity contribution is 0.0570. The average Bonchev–Trinajstić information content (AvgIpc) is 2.95. The Balaban J connectivity index is 2.10. The van der Waals surface area contributed by atoms with Crippen LogP contribution >= 0.6 is 0 Å². The minimum atomic E-state index is -0.539. The molecule has 18 heavy (non-hydrogen) atoms. The number of carbonyl (C=O) groups excluding carboxylic acids is 1. The molecule has 1 aromatic rings. The molecule has 0 spiro atoms. The highest BCUT2D eigenvalue weighted by atomic mass is 16.3. The fourth-order valence-electron chi connectivity index (χ4n) is 1.98. The summed E-state index contributed by atoms with van der Waals surface area (Å²) in [7, 11) is 1.66. The fourth-order valence-corrected chi connectivity index (χ4v) is 1.98. The number of nitrogens with zero attached hydrogens (tertiary/aromatic N) is 3. The second-order valence-electron chi connectivity index (χ2n) is 4.91. The van der Waals surface area contributed by atoms with Crippen LogP contribution in [0, 0.1) is 0 Å². The second kappa shape index (κ2) is 5.03. The number of carbonyl (C=O) groups is 1. The van der Waals surface area contributed by atoms with E-state index in [2.05, 4.69) is 20.5 Å². The number of aromatic nitrogens is 3. The number of aliphatic hydroxyl groups excluding tert-OH is 1. The van der Waals surface area contributed by atoms with Gasteiger partial charge in [-0.15, -0.1) is 5.10 Å². The molecule has 7 nitrogen and oxygen atoms in total. The van der Waals surface area contributed by atoms with Gasteiger partial charge in [0, 0.05) is 26.1 Å². The Kier molecular flexibility index (Phi) is 3.63. The van der Waals surface area contributed by atoms with Crippen molar-refractivity contribution >= 4 is 5.91 Å². The zero-order valence-corrected chi connectivity index (χ0v) is 10.8. The van der Waals surface area contributed by atoms with Crippen molar-refractivity contribution in [2.75, 3.05) is 20.1 Å². The van der Waals surface area contributed by atoms with Gasteiger partial charge in [-0.25, -0.2) is 4.98 Å². The molecule has 1 aliphatic heterocycles. The number of nitrogens with one attached hydrogen (secondary N) is 2. The van der Waals surface area contributed by atoms with Crippen molar-refractivity contribution in [2.24, 2.45) is 0 Å². The summed E-state index contributed by atoms with van der Waals surface area (Å²) < 4.78 is 0. The van der Waals surface area contributed by atoms with E-state index < -0.39 is 6.10 Å². The molecule has 2 heterocycles. The summed E-state index contributed by atoms with van der Waals surface area (Å²) in [5.41, 5.74) is 0. The molecule has 3 N–H and O–H groups in total. The first kappa shape index (κ1) is 13.0. The number of β-amino-alcohol motifs (C(OH)–C–C–N with tert-alkyl or cyclic N) is 1. The number of rotatable bonds is 3. The number of aromatic amines is 1. The molecule has 1 aromatic heterocycles. The van der Waals surface area contributed by atoms with Gasteiger partial charge in [0.05, 0.1) is 12.1 Å². The number of amides is 1. The minimum Gasteiger partial charge on any atom is -0.390 e. The SMILES string of the molecule is CC(C)c1nc(C(=O)N(C)[C@@H]2CNC[C@H]2O)n[nH]1. The van der Waals surface area contributed by atoms with Gasteiger partial charge in [-0.05, 0) is 0 Å². The first-order valence-electron chi connectivity index (χ1n) is 6.09. The zero-order valence-electron chi connectivity index (χ0n) is 10.8. The van der Waals surface area contributed by atoms with Gasteiger partial charge in [0.25, 0.3) is 5.91 Å². The average molecular weight is 253 g/mol. The first-order chi connectivity index (χ1) is 8.50. The molecule has 0 bridgehead atoms. The van der Waals surface area contributed by atoms with Crippen LogP contribution in [0.4, 0.5) is 0 Å². The van der Waals surface area contributed by atoms with Crippen LogP contribution in [0.1, 0.15) is 36.2 Å². The van der Waals surface area contributed by atoms with E-state index in [9.17, 15) is 9.90 Å². The van der Waals surface area contributed by atoms with Crippen LogP contribution in [-0.2, 0) is 0 Å². The minimum absolute atomic E-state index is 0.153. The number of aliphatic hydroxyl groups is 1. The smallest absolute Gasteiger partial charge is 0.293 e. The van der Waals surface area contributed by atoms with Crippen molar-refractivity contribution in [3.8, 4) is 0 Å². The van der Waals surface area contributed by atoms with E-state index in [1.807, 2.05) is 13.8 Å². The largest absolute Gasteiger partial charge is 0.390 e. The van der Waals surface area contributed by atoms with Crippen molar-refractivity contribution < 1.29 is 9.90 Å². The molecule has 1 aliphatic rings. The van der Waals surface area contributed by atoms with Gasteiger partial charge >= 0.3 is 0 Å². The lowest BCUT2D eigenvalue weighted by Gasteiger charge is -2.25. The fraction of sp³-hybridized carbons (Fsp3) is 0.727. The third-order valence-corrected chi connectivity index (χ3v) is 3.21. The zero-order chi connectivity index (χ0) is 13.3. The molecular formula is C11H19N5O2. The molecule has 0 unspecified atom stereocenters. The maximum Gasteiger partial charge on any atom is 0.293 e. The normalized spacial score (nSPS) is 23.6. The van der Waals surface area contributed by atoms with E-state index in [0.717, 1.165) is 0 Å². The standard InChI is InChI=1S/C11H19N5O2/c1-6(2)9-13-10(15-14-9)11(18)16(3)7-4-12-5-8(7)17/h6-8,12,17H,4-5H2,1-3H3,(H,13,14,15)/t7-,8-/m1/s1. The highest BCUT2D eigenvalue weighted by Crippen LogP contribution is 2.12. The topological polar surface area (TPSA) is 94.1 Å². The van der Waals surface area contributed by atoms with Gasteiger partial charge in [0.2, 0.25) is 5.82 Å². The van der Waals surface area contributed by atoms with Crippen molar-refractivity contribution in [1.29, 1.82) is 0 Å². The van der Waals surface area contributed by atoms with Crippen LogP contribution < -0.4 is 5.32 Å². The van der Waals surface area contributed by atoms with Crippen LogP contribution in [0.25, 0.3) is 0 Å². The molecule has 7 heteroatoms. The molecule has 100 valence electrons. The monoisotopic (exact) mass is 253 g/mol. The summed E-state index contributed by atoms with van der Waals surface area (Å²) in [5, 5.41) is 19.5. The first-order valence-corrected chi connectivity index (χ1v) is 6.09. The van der Waals surface area contributed by atoms with Crippen molar-refractivity contribution in [1.82, 2.24) is 25.4 Å².